The molecule has 1 aromatic carbocycles. The summed E-state index contributed by atoms with van der Waals surface area (Å²) in [6.45, 7) is 8.33. The van der Waals surface area contributed by atoms with Gasteiger partial charge in [-0.25, -0.2) is 0 Å². The number of nitrogens with zero attached hydrogens (tertiary/aromatic N) is 1. The molecule has 0 aromatic heterocycles. The Morgan fingerprint density at radius 2 is 1.94 bits per heavy atom. The van der Waals surface area contributed by atoms with Crippen LogP contribution in [0.3, 0.4) is 0 Å². The molecule has 3 nitrogen and oxygen atoms in total. The highest BCUT2D eigenvalue weighted by Crippen LogP contribution is 2.36. The molecule has 1 aromatic rings. The summed E-state index contributed by atoms with van der Waals surface area (Å²) < 4.78 is 0. The molecular formula is C14H20N2O. The number of rotatable bonds is 1. The Hall–Kier alpha value is -1.51. The van der Waals surface area contributed by atoms with Crippen LogP contribution in [0.5, 0.6) is 0 Å². The summed E-state index contributed by atoms with van der Waals surface area (Å²) >= 11 is 0. The molecule has 1 N–H and O–H groups in total. The molecule has 1 aliphatic heterocycles. The van der Waals surface area contributed by atoms with Gasteiger partial charge >= 0.3 is 0 Å². The first-order valence-corrected chi connectivity index (χ1v) is 6.07. The third-order valence-corrected chi connectivity index (χ3v) is 3.64. The zero-order valence-electron chi connectivity index (χ0n) is 11.2. The summed E-state index contributed by atoms with van der Waals surface area (Å²) in [5.74, 6) is 0.439. The summed E-state index contributed by atoms with van der Waals surface area (Å²) in [5.41, 5.74) is 4.56. The summed E-state index contributed by atoms with van der Waals surface area (Å²) in [6, 6.07) is 3.96. The van der Waals surface area contributed by atoms with E-state index in [1.165, 1.54) is 11.1 Å². The Labute approximate surface area is 103 Å². The highest BCUT2D eigenvalue weighted by atomic mass is 16.2. The lowest BCUT2D eigenvalue weighted by Gasteiger charge is -2.36. The average Bonchev–Trinajstić information content (AvgIpc) is 2.28. The van der Waals surface area contributed by atoms with Crippen molar-refractivity contribution in [1.29, 1.82) is 0 Å². The van der Waals surface area contributed by atoms with Gasteiger partial charge in [-0.1, -0.05) is 19.9 Å². The zero-order chi connectivity index (χ0) is 12.7. The monoisotopic (exact) mass is 232 g/mol. The smallest absolute Gasteiger partial charge is 0.249 e. The highest BCUT2D eigenvalue weighted by Gasteiger charge is 2.32. The Bertz CT molecular complexity index is 466. The highest BCUT2D eigenvalue weighted by molar-refractivity contribution is 6.05. The maximum atomic E-state index is 12.2. The second kappa shape index (κ2) is 4.06. The molecule has 2 rings (SSSR count). The SMILES string of the molecule is Cc1ccc2c(c1C)NC(C(C)C)C(=O)N2C. The second-order valence-corrected chi connectivity index (χ2v) is 5.16. The quantitative estimate of drug-likeness (QED) is 0.807. The third kappa shape index (κ3) is 1.79. The van der Waals surface area contributed by atoms with Gasteiger partial charge in [0.15, 0.2) is 0 Å². The minimum Gasteiger partial charge on any atom is -0.372 e. The summed E-state index contributed by atoms with van der Waals surface area (Å²) in [5, 5.41) is 3.39. The molecule has 1 heterocycles. The largest absolute Gasteiger partial charge is 0.372 e. The van der Waals surface area contributed by atoms with Crippen LogP contribution in [0.2, 0.25) is 0 Å². The van der Waals surface area contributed by atoms with Gasteiger partial charge in [-0.3, -0.25) is 4.79 Å². The predicted octanol–water partition coefficient (Wildman–Crippen LogP) is 2.72. The number of benzene rings is 1. The number of fused-ring (bicyclic) bond motifs is 1. The van der Waals surface area contributed by atoms with E-state index in [4.69, 9.17) is 0 Å². The van der Waals surface area contributed by atoms with Crippen LogP contribution < -0.4 is 10.2 Å². The maximum Gasteiger partial charge on any atom is 0.249 e. The number of nitrogens with one attached hydrogen (secondary N) is 1. The summed E-state index contributed by atoms with van der Waals surface area (Å²) in [7, 11) is 1.85. The molecular weight excluding hydrogens is 212 g/mol. The fourth-order valence-electron chi connectivity index (χ4n) is 2.26. The molecule has 0 saturated carbocycles. The number of carbonyl (C=O) groups is 1. The van der Waals surface area contributed by atoms with Gasteiger partial charge in [0, 0.05) is 7.05 Å². The van der Waals surface area contributed by atoms with Crippen LogP contribution in [-0.2, 0) is 4.79 Å². The van der Waals surface area contributed by atoms with Crippen molar-refractivity contribution in [1.82, 2.24) is 0 Å². The van der Waals surface area contributed by atoms with Crippen molar-refractivity contribution in [2.75, 3.05) is 17.3 Å². The van der Waals surface area contributed by atoms with E-state index in [1.807, 2.05) is 13.1 Å². The molecule has 0 fully saturated rings. The number of anilines is 2. The lowest BCUT2D eigenvalue weighted by molar-refractivity contribution is -0.120. The first kappa shape index (κ1) is 12.0. The maximum absolute atomic E-state index is 12.2. The van der Waals surface area contributed by atoms with Gasteiger partial charge < -0.3 is 10.2 Å². The van der Waals surface area contributed by atoms with Crippen molar-refractivity contribution in [3.8, 4) is 0 Å². The molecule has 17 heavy (non-hydrogen) atoms. The van der Waals surface area contributed by atoms with Crippen molar-refractivity contribution >= 4 is 17.3 Å². The lowest BCUT2D eigenvalue weighted by atomic mass is 9.96. The van der Waals surface area contributed by atoms with Crippen molar-refractivity contribution < 1.29 is 4.79 Å². The molecule has 1 aliphatic rings. The van der Waals surface area contributed by atoms with Gasteiger partial charge in [-0.05, 0) is 37.0 Å². The van der Waals surface area contributed by atoms with Crippen LogP contribution in [0, 0.1) is 19.8 Å². The fourth-order valence-corrected chi connectivity index (χ4v) is 2.26. The van der Waals surface area contributed by atoms with Gasteiger partial charge in [0.05, 0.1) is 11.4 Å². The molecule has 1 amide bonds. The topological polar surface area (TPSA) is 32.3 Å². The van der Waals surface area contributed by atoms with Gasteiger partial charge in [0.25, 0.3) is 0 Å². The number of amides is 1. The zero-order valence-corrected chi connectivity index (χ0v) is 11.2. The molecule has 0 aliphatic carbocycles. The van der Waals surface area contributed by atoms with Crippen molar-refractivity contribution in [3.05, 3.63) is 23.3 Å². The van der Waals surface area contributed by atoms with Crippen molar-refractivity contribution in [2.24, 2.45) is 5.92 Å². The number of carbonyl (C=O) groups excluding carboxylic acids is 1. The summed E-state index contributed by atoms with van der Waals surface area (Å²) in [6.07, 6.45) is 0. The lowest BCUT2D eigenvalue weighted by Crippen LogP contribution is -2.48. The number of likely N-dealkylation sites (N-methyl/N-ethyl adjacent to an activating group) is 1. The van der Waals surface area contributed by atoms with E-state index in [9.17, 15) is 4.79 Å². The van der Waals surface area contributed by atoms with Crippen LogP contribution >= 0.6 is 0 Å². The number of aryl methyl sites for hydroxylation is 1. The molecule has 0 saturated heterocycles. The average molecular weight is 232 g/mol. The van der Waals surface area contributed by atoms with Crippen LogP contribution in [0.25, 0.3) is 0 Å². The van der Waals surface area contributed by atoms with E-state index in [-0.39, 0.29) is 17.9 Å². The molecule has 1 unspecified atom stereocenters. The van der Waals surface area contributed by atoms with Crippen LogP contribution in [0.15, 0.2) is 12.1 Å². The molecule has 0 radical (unpaired) electrons. The second-order valence-electron chi connectivity index (χ2n) is 5.16. The number of hydrogen-bond donors (Lipinski definition) is 1. The van der Waals surface area contributed by atoms with E-state index in [0.717, 1.165) is 11.4 Å². The predicted molar refractivity (Wildman–Crippen MR) is 71.6 cm³/mol. The minimum atomic E-state index is -0.118. The molecule has 92 valence electrons. The van der Waals surface area contributed by atoms with Gasteiger partial charge in [0.1, 0.15) is 6.04 Å². The van der Waals surface area contributed by atoms with E-state index < -0.39 is 0 Å². The van der Waals surface area contributed by atoms with Gasteiger partial charge in [-0.2, -0.15) is 0 Å². The van der Waals surface area contributed by atoms with E-state index >= 15 is 0 Å². The van der Waals surface area contributed by atoms with Crippen molar-refractivity contribution in [2.45, 2.75) is 33.7 Å². The van der Waals surface area contributed by atoms with E-state index in [1.54, 1.807) is 4.90 Å². The molecule has 0 bridgehead atoms. The first-order chi connectivity index (χ1) is 7.93. The first-order valence-electron chi connectivity index (χ1n) is 6.07. The van der Waals surface area contributed by atoms with Crippen LogP contribution in [0.1, 0.15) is 25.0 Å². The fraction of sp³-hybridized carbons (Fsp3) is 0.500. The number of hydrogen-bond acceptors (Lipinski definition) is 2. The Balaban J connectivity index is 2.53. The van der Waals surface area contributed by atoms with Crippen molar-refractivity contribution in [3.63, 3.8) is 0 Å². The molecule has 1 atom stereocenters. The molecule has 3 heteroatoms. The van der Waals surface area contributed by atoms with Gasteiger partial charge in [-0.15, -0.1) is 0 Å². The van der Waals surface area contributed by atoms with Crippen LogP contribution in [0.4, 0.5) is 11.4 Å². The summed E-state index contributed by atoms with van der Waals surface area (Å²) in [4.78, 5) is 14.0. The Morgan fingerprint density at radius 3 is 2.53 bits per heavy atom. The minimum absolute atomic E-state index is 0.118. The van der Waals surface area contributed by atoms with E-state index in [2.05, 4.69) is 39.1 Å². The normalized spacial score (nSPS) is 19.3. The van der Waals surface area contributed by atoms with E-state index in [0.29, 0.717) is 0 Å². The Morgan fingerprint density at radius 1 is 1.29 bits per heavy atom. The Kier molecular flexibility index (Phi) is 2.86. The van der Waals surface area contributed by atoms with Gasteiger partial charge in [0.2, 0.25) is 5.91 Å². The standard InChI is InChI=1S/C14H20N2O/c1-8(2)12-14(17)16(5)11-7-6-9(3)10(4)13(11)15-12/h6-8,12,15H,1-5H3. The molecule has 0 spiro atoms. The van der Waals surface area contributed by atoms with Crippen LogP contribution in [-0.4, -0.2) is 19.0 Å². The third-order valence-electron chi connectivity index (χ3n) is 3.64.